The topological polar surface area (TPSA) is 37.4 Å². The first-order valence-electron chi connectivity index (χ1n) is 5.69. The van der Waals surface area contributed by atoms with Gasteiger partial charge in [-0.2, -0.15) is 4.31 Å². The molecule has 0 aliphatic rings. The minimum atomic E-state index is -3.38. The Bertz CT molecular complexity index is 413. The highest BCUT2D eigenvalue weighted by Gasteiger charge is 2.29. The molecule has 0 aliphatic carbocycles. The number of halogens is 1. The lowest BCUT2D eigenvalue weighted by atomic mass is 10.2. The molecular weight excluding hydrogens is 278 g/mol. The first kappa shape index (κ1) is 15.0. The summed E-state index contributed by atoms with van der Waals surface area (Å²) in [5.41, 5.74) is 0. The van der Waals surface area contributed by atoms with E-state index in [1.54, 1.807) is 17.5 Å². The number of hydrogen-bond donors (Lipinski definition) is 0. The van der Waals surface area contributed by atoms with Crippen LogP contribution >= 0.6 is 22.9 Å². The molecule has 1 aromatic heterocycles. The van der Waals surface area contributed by atoms with Crippen LogP contribution in [0.5, 0.6) is 0 Å². The first-order valence-corrected chi connectivity index (χ1v) is 8.54. The molecule has 17 heavy (non-hydrogen) atoms. The fourth-order valence-corrected chi connectivity index (χ4v) is 4.98. The van der Waals surface area contributed by atoms with Crippen molar-refractivity contribution in [3.05, 3.63) is 17.5 Å². The Balaban J connectivity index is 3.06. The summed E-state index contributed by atoms with van der Waals surface area (Å²) >= 11 is 6.97. The molecule has 0 saturated carbocycles. The van der Waals surface area contributed by atoms with Gasteiger partial charge in [0.15, 0.2) is 0 Å². The Morgan fingerprint density at radius 2 is 2.06 bits per heavy atom. The average Bonchev–Trinajstić information content (AvgIpc) is 2.83. The molecule has 0 N–H and O–H groups in total. The summed E-state index contributed by atoms with van der Waals surface area (Å²) in [6, 6.07) is 3.42. The Hall–Kier alpha value is -0.100. The molecule has 0 aromatic carbocycles. The third-order valence-corrected chi connectivity index (χ3v) is 6.21. The Labute approximate surface area is 112 Å². The van der Waals surface area contributed by atoms with Crippen LogP contribution in [0.2, 0.25) is 0 Å². The maximum absolute atomic E-state index is 12.4. The van der Waals surface area contributed by atoms with Gasteiger partial charge in [0, 0.05) is 18.5 Å². The molecule has 0 atom stereocenters. The van der Waals surface area contributed by atoms with E-state index in [-0.39, 0.29) is 6.04 Å². The molecule has 0 saturated heterocycles. The van der Waals surface area contributed by atoms with E-state index in [1.807, 2.05) is 13.8 Å². The maximum atomic E-state index is 12.4. The van der Waals surface area contributed by atoms with Crippen molar-refractivity contribution < 1.29 is 8.42 Å². The van der Waals surface area contributed by atoms with Crippen LogP contribution in [0.1, 0.15) is 26.7 Å². The molecule has 1 heterocycles. The van der Waals surface area contributed by atoms with Crippen molar-refractivity contribution in [1.82, 2.24) is 4.31 Å². The summed E-state index contributed by atoms with van der Waals surface area (Å²) in [4.78, 5) is 0. The number of thiophene rings is 1. The third kappa shape index (κ3) is 3.44. The van der Waals surface area contributed by atoms with Gasteiger partial charge in [-0.15, -0.1) is 22.9 Å². The molecule has 1 aromatic rings. The molecule has 0 radical (unpaired) electrons. The molecule has 98 valence electrons. The second-order valence-corrected chi connectivity index (χ2v) is 7.15. The zero-order valence-corrected chi connectivity index (χ0v) is 12.5. The number of alkyl halides is 1. The standard InChI is InChI=1S/C11H18ClNO2S2/c1-3-10(4-2)13(8-7-12)17(14,15)11-6-5-9-16-11/h5-6,9-10H,3-4,7-8H2,1-2H3. The van der Waals surface area contributed by atoms with Crippen LogP contribution in [0, 0.1) is 0 Å². The second-order valence-electron chi connectivity index (χ2n) is 3.71. The van der Waals surface area contributed by atoms with E-state index >= 15 is 0 Å². The highest BCUT2D eigenvalue weighted by atomic mass is 35.5. The molecule has 1 rings (SSSR count). The Morgan fingerprint density at radius 1 is 1.41 bits per heavy atom. The van der Waals surface area contributed by atoms with Crippen LogP contribution in [0.4, 0.5) is 0 Å². The summed E-state index contributed by atoms with van der Waals surface area (Å²) in [5.74, 6) is 0.321. The van der Waals surface area contributed by atoms with Crippen LogP contribution in [0.3, 0.4) is 0 Å². The lowest BCUT2D eigenvalue weighted by Gasteiger charge is -2.28. The molecule has 0 aliphatic heterocycles. The molecular formula is C11H18ClNO2S2. The summed E-state index contributed by atoms with van der Waals surface area (Å²) in [5, 5.41) is 1.78. The van der Waals surface area contributed by atoms with Crippen molar-refractivity contribution in [1.29, 1.82) is 0 Å². The van der Waals surface area contributed by atoms with Gasteiger partial charge in [-0.25, -0.2) is 8.42 Å². The van der Waals surface area contributed by atoms with E-state index in [9.17, 15) is 8.42 Å². The fourth-order valence-electron chi connectivity index (χ4n) is 1.80. The predicted molar refractivity (Wildman–Crippen MR) is 73.3 cm³/mol. The largest absolute Gasteiger partial charge is 0.252 e. The quantitative estimate of drug-likeness (QED) is 0.725. The lowest BCUT2D eigenvalue weighted by molar-refractivity contribution is 0.317. The van der Waals surface area contributed by atoms with Crippen LogP contribution in [0.15, 0.2) is 21.7 Å². The Kier molecular flexibility index (Phi) is 5.92. The first-order chi connectivity index (χ1) is 8.07. The second kappa shape index (κ2) is 6.73. The predicted octanol–water partition coefficient (Wildman–Crippen LogP) is 3.17. The van der Waals surface area contributed by atoms with E-state index in [2.05, 4.69) is 0 Å². The van der Waals surface area contributed by atoms with Gasteiger partial charge < -0.3 is 0 Å². The van der Waals surface area contributed by atoms with Crippen molar-refractivity contribution in [2.75, 3.05) is 12.4 Å². The van der Waals surface area contributed by atoms with Gasteiger partial charge in [-0.05, 0) is 24.3 Å². The van der Waals surface area contributed by atoms with Gasteiger partial charge in [-0.1, -0.05) is 19.9 Å². The van der Waals surface area contributed by atoms with E-state index in [4.69, 9.17) is 11.6 Å². The molecule has 0 amide bonds. The average molecular weight is 296 g/mol. The van der Waals surface area contributed by atoms with Gasteiger partial charge >= 0.3 is 0 Å². The highest BCUT2D eigenvalue weighted by molar-refractivity contribution is 7.91. The van der Waals surface area contributed by atoms with E-state index in [0.717, 1.165) is 12.8 Å². The van der Waals surface area contributed by atoms with Crippen molar-refractivity contribution in [3.8, 4) is 0 Å². The van der Waals surface area contributed by atoms with E-state index in [0.29, 0.717) is 16.6 Å². The third-order valence-electron chi connectivity index (χ3n) is 2.71. The summed E-state index contributed by atoms with van der Waals surface area (Å²) < 4.78 is 26.8. The molecule has 0 unspecified atom stereocenters. The van der Waals surface area contributed by atoms with Gasteiger partial charge in [0.1, 0.15) is 4.21 Å². The molecule has 6 heteroatoms. The van der Waals surface area contributed by atoms with Crippen LogP contribution in [-0.2, 0) is 10.0 Å². The highest BCUT2D eigenvalue weighted by Crippen LogP contribution is 2.24. The van der Waals surface area contributed by atoms with Crippen molar-refractivity contribution in [2.45, 2.75) is 36.9 Å². The van der Waals surface area contributed by atoms with Gasteiger partial charge in [0.25, 0.3) is 10.0 Å². The van der Waals surface area contributed by atoms with Crippen molar-refractivity contribution in [3.63, 3.8) is 0 Å². The van der Waals surface area contributed by atoms with Crippen molar-refractivity contribution in [2.24, 2.45) is 0 Å². The van der Waals surface area contributed by atoms with Gasteiger partial charge in [0.2, 0.25) is 0 Å². The SMILES string of the molecule is CCC(CC)N(CCCl)S(=O)(=O)c1cccs1. The van der Waals surface area contributed by atoms with Crippen molar-refractivity contribution >= 4 is 33.0 Å². The fraction of sp³-hybridized carbons (Fsp3) is 0.636. The molecule has 0 bridgehead atoms. The van der Waals surface area contributed by atoms with Crippen LogP contribution < -0.4 is 0 Å². The smallest absolute Gasteiger partial charge is 0.206 e. The van der Waals surface area contributed by atoms with Gasteiger partial charge in [0.05, 0.1) is 0 Å². The van der Waals surface area contributed by atoms with Gasteiger partial charge in [-0.3, -0.25) is 0 Å². The summed E-state index contributed by atoms with van der Waals surface area (Å²) in [6.45, 7) is 4.37. The van der Waals surface area contributed by atoms with Crippen LogP contribution in [-0.4, -0.2) is 31.2 Å². The maximum Gasteiger partial charge on any atom is 0.252 e. The normalized spacial score (nSPS) is 12.5. The molecule has 0 spiro atoms. The Morgan fingerprint density at radius 3 is 2.47 bits per heavy atom. The molecule has 3 nitrogen and oxygen atoms in total. The van der Waals surface area contributed by atoms with Crippen LogP contribution in [0.25, 0.3) is 0 Å². The lowest BCUT2D eigenvalue weighted by Crippen LogP contribution is -2.40. The monoisotopic (exact) mass is 295 g/mol. The minimum Gasteiger partial charge on any atom is -0.206 e. The number of rotatable bonds is 7. The molecule has 0 fully saturated rings. The summed E-state index contributed by atoms with van der Waals surface area (Å²) in [7, 11) is -3.38. The van der Waals surface area contributed by atoms with E-state index in [1.165, 1.54) is 15.6 Å². The zero-order chi connectivity index (χ0) is 12.9. The minimum absolute atomic E-state index is 0.0286. The summed E-state index contributed by atoms with van der Waals surface area (Å²) in [6.07, 6.45) is 1.61. The number of sulfonamides is 1. The zero-order valence-electron chi connectivity index (χ0n) is 10.1. The number of nitrogens with zero attached hydrogens (tertiary/aromatic N) is 1. The van der Waals surface area contributed by atoms with E-state index < -0.39 is 10.0 Å². The number of hydrogen-bond acceptors (Lipinski definition) is 3.